The summed E-state index contributed by atoms with van der Waals surface area (Å²) in [6.45, 7) is 9.73. The topological polar surface area (TPSA) is 96.0 Å². The molecule has 0 aliphatic heterocycles. The van der Waals surface area contributed by atoms with E-state index in [1.807, 2.05) is 52.0 Å². The van der Waals surface area contributed by atoms with Gasteiger partial charge in [-0.2, -0.15) is 0 Å². The second-order valence-electron chi connectivity index (χ2n) is 9.49. The van der Waals surface area contributed by atoms with Crippen molar-refractivity contribution >= 4 is 27.5 Å². The normalized spacial score (nSPS) is 12.2. The summed E-state index contributed by atoms with van der Waals surface area (Å²) in [5, 5.41) is 2.92. The average molecular weight is 518 g/mol. The van der Waals surface area contributed by atoms with Gasteiger partial charge < -0.3 is 15.0 Å². The average Bonchev–Trinajstić information content (AvgIpc) is 2.82. The highest BCUT2D eigenvalue weighted by atomic mass is 32.2. The molecule has 0 bridgehead atoms. The number of methoxy groups -OCH3 is 1. The maximum atomic E-state index is 13.8. The summed E-state index contributed by atoms with van der Waals surface area (Å²) in [5.41, 5.74) is 2.87. The highest BCUT2D eigenvalue weighted by Crippen LogP contribution is 2.25. The molecule has 8 nitrogen and oxygen atoms in total. The molecule has 0 fully saturated rings. The van der Waals surface area contributed by atoms with E-state index < -0.39 is 28.5 Å². The van der Waals surface area contributed by atoms with E-state index in [0.29, 0.717) is 24.4 Å². The fraction of sp³-hybridized carbons (Fsp3) is 0.481. The first-order chi connectivity index (χ1) is 16.9. The highest BCUT2D eigenvalue weighted by Gasteiger charge is 2.32. The first-order valence-electron chi connectivity index (χ1n) is 12.1. The summed E-state index contributed by atoms with van der Waals surface area (Å²) < 4.78 is 31.9. The van der Waals surface area contributed by atoms with Crippen LogP contribution in [0.25, 0.3) is 0 Å². The molecule has 2 rings (SSSR count). The summed E-state index contributed by atoms with van der Waals surface area (Å²) in [7, 11) is -2.20. The van der Waals surface area contributed by atoms with Crippen molar-refractivity contribution in [3.05, 3.63) is 59.2 Å². The number of benzene rings is 2. The molecule has 0 heterocycles. The number of carbonyl (C=O) groups excluding carboxylic acids is 2. The number of hydrogen-bond acceptors (Lipinski definition) is 5. The lowest BCUT2D eigenvalue weighted by atomic mass is 10.1. The zero-order valence-electron chi connectivity index (χ0n) is 22.4. The quantitative estimate of drug-likeness (QED) is 0.464. The maximum Gasteiger partial charge on any atom is 0.244 e. The molecule has 0 aromatic heterocycles. The number of aryl methyl sites for hydroxylation is 2. The lowest BCUT2D eigenvalue weighted by Gasteiger charge is -2.33. The second kappa shape index (κ2) is 12.8. The molecule has 36 heavy (non-hydrogen) atoms. The van der Waals surface area contributed by atoms with Crippen LogP contribution in [0.4, 0.5) is 5.69 Å². The third-order valence-electron chi connectivity index (χ3n) is 5.89. The molecule has 2 aromatic rings. The molecule has 0 saturated carbocycles. The standard InChI is InChI=1S/C27H39N3O5S/c1-8-24(27(32)28-16-19(2)3)29(17-22-11-13-23(35-6)14-12-22)26(31)18-30(36(7,33)34)25-15-20(4)9-10-21(25)5/h9-15,19,24H,8,16-18H2,1-7H3,(H,28,32)/t24-/m0/s1. The molecule has 2 amide bonds. The van der Waals surface area contributed by atoms with Gasteiger partial charge in [-0.3, -0.25) is 13.9 Å². The predicted octanol–water partition coefficient (Wildman–Crippen LogP) is 3.66. The Kier molecular flexibility index (Phi) is 10.3. The summed E-state index contributed by atoms with van der Waals surface area (Å²) in [6.07, 6.45) is 1.47. The maximum absolute atomic E-state index is 13.8. The number of sulfonamides is 1. The first-order valence-corrected chi connectivity index (χ1v) is 14.0. The molecule has 9 heteroatoms. The van der Waals surface area contributed by atoms with Gasteiger partial charge in [-0.25, -0.2) is 8.42 Å². The van der Waals surface area contributed by atoms with Crippen LogP contribution in [0.1, 0.15) is 43.9 Å². The van der Waals surface area contributed by atoms with E-state index in [1.54, 1.807) is 32.2 Å². The van der Waals surface area contributed by atoms with Crippen molar-refractivity contribution in [3.63, 3.8) is 0 Å². The largest absolute Gasteiger partial charge is 0.497 e. The van der Waals surface area contributed by atoms with E-state index in [1.165, 1.54) is 4.90 Å². The lowest BCUT2D eigenvalue weighted by Crippen LogP contribution is -2.52. The number of carbonyl (C=O) groups is 2. The van der Waals surface area contributed by atoms with Crippen LogP contribution in [0.3, 0.4) is 0 Å². The second-order valence-corrected chi connectivity index (χ2v) is 11.4. The van der Waals surface area contributed by atoms with Crippen molar-refractivity contribution in [2.45, 2.75) is 53.6 Å². The molecular formula is C27H39N3O5S. The van der Waals surface area contributed by atoms with E-state index in [-0.39, 0.29) is 18.4 Å². The number of nitrogens with zero attached hydrogens (tertiary/aromatic N) is 2. The molecular weight excluding hydrogens is 478 g/mol. The molecule has 0 radical (unpaired) electrons. The fourth-order valence-electron chi connectivity index (χ4n) is 3.85. The number of nitrogens with one attached hydrogen (secondary N) is 1. The molecule has 1 N–H and O–H groups in total. The lowest BCUT2D eigenvalue weighted by molar-refractivity contribution is -0.140. The van der Waals surface area contributed by atoms with Gasteiger partial charge in [0.05, 0.1) is 19.1 Å². The van der Waals surface area contributed by atoms with Gasteiger partial charge in [0.1, 0.15) is 18.3 Å². The SMILES string of the molecule is CC[C@@H](C(=O)NCC(C)C)N(Cc1ccc(OC)cc1)C(=O)CN(c1cc(C)ccc1C)S(C)(=O)=O. The van der Waals surface area contributed by atoms with E-state index in [4.69, 9.17) is 4.74 Å². The Morgan fingerprint density at radius 3 is 2.22 bits per heavy atom. The van der Waals surface area contributed by atoms with E-state index in [0.717, 1.165) is 27.3 Å². The fourth-order valence-corrected chi connectivity index (χ4v) is 4.75. The predicted molar refractivity (Wildman–Crippen MR) is 144 cm³/mol. The molecule has 2 aromatic carbocycles. The number of rotatable bonds is 12. The van der Waals surface area contributed by atoms with Crippen LogP contribution >= 0.6 is 0 Å². The Morgan fingerprint density at radius 1 is 1.06 bits per heavy atom. The van der Waals surface area contributed by atoms with Gasteiger partial charge in [0, 0.05) is 13.1 Å². The van der Waals surface area contributed by atoms with Crippen LogP contribution in [0.15, 0.2) is 42.5 Å². The third-order valence-corrected chi connectivity index (χ3v) is 7.02. The van der Waals surface area contributed by atoms with Crippen molar-refractivity contribution in [2.75, 3.05) is 30.8 Å². The molecule has 0 saturated heterocycles. The summed E-state index contributed by atoms with van der Waals surface area (Å²) >= 11 is 0. The zero-order chi connectivity index (χ0) is 27.0. The van der Waals surface area contributed by atoms with E-state index in [9.17, 15) is 18.0 Å². The van der Waals surface area contributed by atoms with Crippen molar-refractivity contribution in [3.8, 4) is 5.75 Å². The van der Waals surface area contributed by atoms with Gasteiger partial charge in [-0.05, 0) is 61.1 Å². The molecule has 0 aliphatic carbocycles. The minimum atomic E-state index is -3.77. The minimum Gasteiger partial charge on any atom is -0.497 e. The van der Waals surface area contributed by atoms with Crippen molar-refractivity contribution in [1.29, 1.82) is 0 Å². The van der Waals surface area contributed by atoms with Gasteiger partial charge in [-0.1, -0.05) is 45.0 Å². The van der Waals surface area contributed by atoms with Crippen LogP contribution in [-0.4, -0.2) is 57.6 Å². The van der Waals surface area contributed by atoms with Gasteiger partial charge in [0.25, 0.3) is 0 Å². The Balaban J connectivity index is 2.46. The molecule has 0 unspecified atom stereocenters. The number of amides is 2. The summed E-state index contributed by atoms with van der Waals surface area (Å²) in [5.74, 6) is 0.216. The van der Waals surface area contributed by atoms with Gasteiger partial charge in [-0.15, -0.1) is 0 Å². The number of anilines is 1. The molecule has 1 atom stereocenters. The highest BCUT2D eigenvalue weighted by molar-refractivity contribution is 7.92. The van der Waals surface area contributed by atoms with Crippen molar-refractivity contribution in [1.82, 2.24) is 10.2 Å². The van der Waals surface area contributed by atoms with Crippen LogP contribution in [0.5, 0.6) is 5.75 Å². The van der Waals surface area contributed by atoms with Gasteiger partial charge >= 0.3 is 0 Å². The number of hydrogen-bond donors (Lipinski definition) is 1. The third kappa shape index (κ3) is 7.98. The Labute approximate surface area is 215 Å². The molecule has 0 aliphatic rings. The summed E-state index contributed by atoms with van der Waals surface area (Å²) in [6, 6.07) is 12.0. The molecule has 198 valence electrons. The number of ether oxygens (including phenoxy) is 1. The molecule has 0 spiro atoms. The van der Waals surface area contributed by atoms with Crippen LogP contribution < -0.4 is 14.4 Å². The van der Waals surface area contributed by atoms with Crippen LogP contribution in [-0.2, 0) is 26.2 Å². The Hall–Kier alpha value is -3.07. The first kappa shape index (κ1) is 29.2. The smallest absolute Gasteiger partial charge is 0.244 e. The Morgan fingerprint density at radius 2 is 1.69 bits per heavy atom. The van der Waals surface area contributed by atoms with Gasteiger partial charge in [0.2, 0.25) is 21.8 Å². The summed E-state index contributed by atoms with van der Waals surface area (Å²) in [4.78, 5) is 28.3. The van der Waals surface area contributed by atoms with Crippen molar-refractivity contribution < 1.29 is 22.7 Å². The zero-order valence-corrected chi connectivity index (χ0v) is 23.2. The van der Waals surface area contributed by atoms with Gasteiger partial charge in [0.15, 0.2) is 0 Å². The van der Waals surface area contributed by atoms with Crippen LogP contribution in [0.2, 0.25) is 0 Å². The van der Waals surface area contributed by atoms with E-state index in [2.05, 4.69) is 5.32 Å². The Bertz CT molecular complexity index is 1150. The van der Waals surface area contributed by atoms with E-state index >= 15 is 0 Å². The minimum absolute atomic E-state index is 0.154. The van der Waals surface area contributed by atoms with Crippen LogP contribution in [0, 0.1) is 19.8 Å². The van der Waals surface area contributed by atoms with Crippen molar-refractivity contribution in [2.24, 2.45) is 5.92 Å². The monoisotopic (exact) mass is 517 g/mol.